The zero-order valence-corrected chi connectivity index (χ0v) is 7.96. The van der Waals surface area contributed by atoms with Crippen LogP contribution in [0.5, 0.6) is 0 Å². The number of rotatable bonds is 5. The van der Waals surface area contributed by atoms with E-state index < -0.39 is 0 Å². The smallest absolute Gasteiger partial charge is 0.135 e. The zero-order chi connectivity index (χ0) is 9.36. The van der Waals surface area contributed by atoms with Gasteiger partial charge in [0.15, 0.2) is 0 Å². The first kappa shape index (κ1) is 10.0. The minimum absolute atomic E-state index is 0.601. The summed E-state index contributed by atoms with van der Waals surface area (Å²) in [6, 6.07) is 0. The summed E-state index contributed by atoms with van der Waals surface area (Å²) in [5.74, 6) is 0. The van der Waals surface area contributed by atoms with Crippen LogP contribution in [0, 0.1) is 0 Å². The first-order chi connectivity index (χ1) is 6.43. The molecule has 1 aliphatic carbocycles. The predicted molar refractivity (Wildman–Crippen MR) is 54.8 cm³/mol. The fourth-order valence-corrected chi connectivity index (χ4v) is 1.21. The highest BCUT2D eigenvalue weighted by Gasteiger charge is 2.00. The van der Waals surface area contributed by atoms with Crippen LogP contribution in [0.25, 0.3) is 0 Å². The van der Waals surface area contributed by atoms with Crippen molar-refractivity contribution >= 4 is 6.21 Å². The van der Waals surface area contributed by atoms with Crippen molar-refractivity contribution in [3.8, 4) is 0 Å². The number of nitrogens with zero attached hydrogens (tertiary/aromatic N) is 1. The highest BCUT2D eigenvalue weighted by molar-refractivity contribution is 5.78. The van der Waals surface area contributed by atoms with E-state index in [1.165, 1.54) is 18.4 Å². The van der Waals surface area contributed by atoms with Gasteiger partial charge in [0.1, 0.15) is 12.8 Å². The first-order valence-corrected chi connectivity index (χ1v) is 4.81. The Labute approximate surface area is 80.0 Å². The van der Waals surface area contributed by atoms with E-state index in [1.54, 1.807) is 0 Å². The van der Waals surface area contributed by atoms with Gasteiger partial charge in [-0.2, -0.15) is 0 Å². The van der Waals surface area contributed by atoms with Crippen LogP contribution >= 0.6 is 0 Å². The molecule has 0 aromatic heterocycles. The molecule has 0 bridgehead atoms. The Bertz CT molecular complexity index is 206. The lowest BCUT2D eigenvalue weighted by atomic mass is 10.0. The summed E-state index contributed by atoms with van der Waals surface area (Å²) in [6.07, 6.45) is 12.5. The molecule has 1 aliphatic rings. The molecular weight excluding hydrogens is 162 g/mol. The van der Waals surface area contributed by atoms with Crippen LogP contribution < -0.4 is 0 Å². The van der Waals surface area contributed by atoms with E-state index in [1.807, 2.05) is 6.08 Å². The molecule has 0 heterocycles. The number of allylic oxidation sites excluding steroid dienone is 2. The second kappa shape index (κ2) is 6.46. The molecule has 0 aromatic carbocycles. The van der Waals surface area contributed by atoms with Gasteiger partial charge in [0.25, 0.3) is 0 Å². The van der Waals surface area contributed by atoms with Crippen molar-refractivity contribution in [3.63, 3.8) is 0 Å². The molecule has 1 rings (SSSR count). The van der Waals surface area contributed by atoms with E-state index in [0.29, 0.717) is 6.61 Å². The maximum Gasteiger partial charge on any atom is 0.135 e. The van der Waals surface area contributed by atoms with Crippen molar-refractivity contribution in [3.05, 3.63) is 24.3 Å². The molecular formula is C11H16NO. The Morgan fingerprint density at radius 1 is 1.62 bits per heavy atom. The van der Waals surface area contributed by atoms with E-state index in [4.69, 9.17) is 4.84 Å². The maximum atomic E-state index is 4.98. The summed E-state index contributed by atoms with van der Waals surface area (Å²) in [5, 5.41) is 3.77. The third-order valence-electron chi connectivity index (χ3n) is 1.96. The van der Waals surface area contributed by atoms with E-state index in [2.05, 4.69) is 24.0 Å². The van der Waals surface area contributed by atoms with E-state index in [9.17, 15) is 0 Å². The molecule has 0 saturated carbocycles. The average Bonchev–Trinajstić information content (AvgIpc) is 2.19. The molecule has 0 N–H and O–H groups in total. The summed E-state index contributed by atoms with van der Waals surface area (Å²) >= 11 is 0. The van der Waals surface area contributed by atoms with E-state index >= 15 is 0 Å². The predicted octanol–water partition coefficient (Wildman–Crippen LogP) is 2.94. The topological polar surface area (TPSA) is 21.6 Å². The first-order valence-electron chi connectivity index (χ1n) is 4.81. The summed E-state index contributed by atoms with van der Waals surface area (Å²) in [5.41, 5.74) is 1.19. The number of hydrogen-bond acceptors (Lipinski definition) is 2. The summed E-state index contributed by atoms with van der Waals surface area (Å²) in [6.45, 7) is 4.20. The minimum atomic E-state index is 0.601. The molecule has 2 heteroatoms. The SMILES string of the molecule is C=CCCO/N=[C]/C1=CCCCC1. The fraction of sp³-hybridized carbons (Fsp3) is 0.545. The lowest BCUT2D eigenvalue weighted by Gasteiger charge is -2.06. The summed E-state index contributed by atoms with van der Waals surface area (Å²) in [7, 11) is 0. The van der Waals surface area contributed by atoms with Crippen LogP contribution in [0.4, 0.5) is 0 Å². The zero-order valence-electron chi connectivity index (χ0n) is 7.96. The van der Waals surface area contributed by atoms with Gasteiger partial charge in [0.2, 0.25) is 0 Å². The van der Waals surface area contributed by atoms with Crippen molar-refractivity contribution in [2.45, 2.75) is 32.1 Å². The van der Waals surface area contributed by atoms with Crippen LogP contribution in [0.2, 0.25) is 0 Å². The lowest BCUT2D eigenvalue weighted by molar-refractivity contribution is 0.151. The Morgan fingerprint density at radius 3 is 3.23 bits per heavy atom. The van der Waals surface area contributed by atoms with Gasteiger partial charge < -0.3 is 4.84 Å². The minimum Gasteiger partial charge on any atom is -0.395 e. The maximum absolute atomic E-state index is 4.98. The third-order valence-corrected chi connectivity index (χ3v) is 1.96. The highest BCUT2D eigenvalue weighted by atomic mass is 16.6. The Hall–Kier alpha value is -1.05. The van der Waals surface area contributed by atoms with Crippen LogP contribution in [-0.2, 0) is 4.84 Å². The molecule has 2 nitrogen and oxygen atoms in total. The lowest BCUT2D eigenvalue weighted by Crippen LogP contribution is -1.94. The second-order valence-electron chi connectivity index (χ2n) is 3.09. The molecule has 0 spiro atoms. The van der Waals surface area contributed by atoms with Gasteiger partial charge >= 0.3 is 0 Å². The van der Waals surface area contributed by atoms with Crippen molar-refractivity contribution in [1.29, 1.82) is 0 Å². The largest absolute Gasteiger partial charge is 0.395 e. The van der Waals surface area contributed by atoms with Gasteiger partial charge in [-0.05, 0) is 31.3 Å². The van der Waals surface area contributed by atoms with Crippen LogP contribution in [-0.4, -0.2) is 12.8 Å². The third kappa shape index (κ3) is 4.51. The molecule has 0 unspecified atom stereocenters. The molecule has 13 heavy (non-hydrogen) atoms. The number of hydrogen-bond donors (Lipinski definition) is 0. The monoisotopic (exact) mass is 178 g/mol. The molecule has 0 saturated heterocycles. The van der Waals surface area contributed by atoms with Gasteiger partial charge in [-0.15, -0.1) is 6.58 Å². The molecule has 71 valence electrons. The standard InChI is InChI=1S/C11H16NO/c1-2-3-9-13-12-10-11-7-5-4-6-8-11/h2,7H,1,3-6,8-9H2. The van der Waals surface area contributed by atoms with Crippen molar-refractivity contribution in [1.82, 2.24) is 0 Å². The van der Waals surface area contributed by atoms with E-state index in [-0.39, 0.29) is 0 Å². The van der Waals surface area contributed by atoms with Crippen molar-refractivity contribution in [2.24, 2.45) is 5.16 Å². The summed E-state index contributed by atoms with van der Waals surface area (Å²) in [4.78, 5) is 4.98. The molecule has 0 amide bonds. The van der Waals surface area contributed by atoms with Crippen LogP contribution in [0.1, 0.15) is 32.1 Å². The Kier molecular flexibility index (Phi) is 4.99. The van der Waals surface area contributed by atoms with Gasteiger partial charge in [-0.1, -0.05) is 17.3 Å². The van der Waals surface area contributed by atoms with Crippen molar-refractivity contribution < 1.29 is 4.84 Å². The quantitative estimate of drug-likeness (QED) is 0.274. The molecule has 0 aromatic rings. The van der Waals surface area contributed by atoms with Gasteiger partial charge in [-0.25, -0.2) is 0 Å². The van der Waals surface area contributed by atoms with Gasteiger partial charge in [-0.3, -0.25) is 0 Å². The molecule has 0 fully saturated rings. The second-order valence-corrected chi connectivity index (χ2v) is 3.09. The van der Waals surface area contributed by atoms with Crippen molar-refractivity contribution in [2.75, 3.05) is 6.61 Å². The normalized spacial score (nSPS) is 17.1. The van der Waals surface area contributed by atoms with Gasteiger partial charge in [0, 0.05) is 6.42 Å². The molecule has 0 aliphatic heterocycles. The fourth-order valence-electron chi connectivity index (χ4n) is 1.21. The average molecular weight is 178 g/mol. The molecule has 0 atom stereocenters. The summed E-state index contributed by atoms with van der Waals surface area (Å²) < 4.78 is 0. The van der Waals surface area contributed by atoms with Gasteiger partial charge in [0.05, 0.1) is 0 Å². The van der Waals surface area contributed by atoms with E-state index in [0.717, 1.165) is 19.3 Å². The van der Waals surface area contributed by atoms with Crippen LogP contribution in [0.3, 0.4) is 0 Å². The molecule has 1 radical (unpaired) electrons. The van der Waals surface area contributed by atoms with Crippen LogP contribution in [0.15, 0.2) is 29.5 Å². The Balaban J connectivity index is 2.14. The highest BCUT2D eigenvalue weighted by Crippen LogP contribution is 2.15. The Morgan fingerprint density at radius 2 is 2.54 bits per heavy atom.